The monoisotopic (exact) mass is 322 g/mol. The van der Waals surface area contributed by atoms with Crippen molar-refractivity contribution in [2.45, 2.75) is 13.8 Å². The van der Waals surface area contributed by atoms with Crippen molar-refractivity contribution in [1.29, 1.82) is 0 Å². The van der Waals surface area contributed by atoms with Crippen LogP contribution in [0.1, 0.15) is 13.8 Å². The van der Waals surface area contributed by atoms with Crippen LogP contribution in [-0.4, -0.2) is 36.0 Å². The predicted octanol–water partition coefficient (Wildman–Crippen LogP) is 0.407. The van der Waals surface area contributed by atoms with E-state index < -0.39 is 0 Å². The third-order valence-corrected chi connectivity index (χ3v) is 1.65. The van der Waals surface area contributed by atoms with E-state index >= 15 is 0 Å². The molecular weight excluding hydrogens is 310 g/mol. The van der Waals surface area contributed by atoms with Gasteiger partial charge in [0.05, 0.1) is 23.8 Å². The smallest absolute Gasteiger partial charge is 0.741 e. The van der Waals surface area contributed by atoms with Gasteiger partial charge in [-0.05, 0) is 19.0 Å². The van der Waals surface area contributed by atoms with Crippen LogP contribution in [-0.2, 0) is 47.1 Å². The largest absolute Gasteiger partial charge is 2.00 e. The van der Waals surface area contributed by atoms with Crippen LogP contribution in [0.15, 0.2) is 20.4 Å². The Morgan fingerprint density at radius 1 is 1.29 bits per heavy atom. The Kier molecular flexibility index (Phi) is 12.8. The van der Waals surface area contributed by atoms with Crippen molar-refractivity contribution in [2.75, 3.05) is 13.7 Å². The Balaban J connectivity index is 0. The summed E-state index contributed by atoms with van der Waals surface area (Å²) in [5.41, 5.74) is 0.546. The molecule has 0 saturated heterocycles. The molecule has 0 aromatic rings. The van der Waals surface area contributed by atoms with E-state index in [2.05, 4.69) is 25.7 Å². The zero-order chi connectivity index (χ0) is 12.4. The summed E-state index contributed by atoms with van der Waals surface area (Å²) >= 11 is 9.50. The summed E-state index contributed by atoms with van der Waals surface area (Å²) in [6, 6.07) is 0. The molecule has 0 rings (SSSR count). The van der Waals surface area contributed by atoms with E-state index in [1.807, 2.05) is 6.92 Å². The van der Waals surface area contributed by atoms with E-state index in [1.54, 1.807) is 14.0 Å². The van der Waals surface area contributed by atoms with Crippen LogP contribution >= 0.6 is 0 Å². The maximum absolute atomic E-state index is 4.91. The van der Waals surface area contributed by atoms with Crippen LogP contribution in [0.5, 0.6) is 0 Å². The van der Waals surface area contributed by atoms with Crippen molar-refractivity contribution in [1.82, 2.24) is 5.32 Å². The van der Waals surface area contributed by atoms with Crippen LogP contribution in [0, 0.1) is 0 Å². The number of nitrogens with one attached hydrogen (secondary N) is 1. The number of ether oxygens (including phenoxy) is 1. The topological polar surface area (TPSA) is 70.7 Å². The molecule has 0 fully saturated rings. The fourth-order valence-electron chi connectivity index (χ4n) is 0.513. The van der Waals surface area contributed by atoms with Crippen molar-refractivity contribution in [3.8, 4) is 0 Å². The molecule has 1 radical (unpaired) electrons. The summed E-state index contributed by atoms with van der Waals surface area (Å²) in [5.74, 6) is 0. The SMILES string of the molecule is CCOC([S-])=NN=C(C)C=NN=C([S-])NC.[Cu+2]. The van der Waals surface area contributed by atoms with E-state index in [9.17, 15) is 0 Å². The first-order valence-electron chi connectivity index (χ1n) is 4.48. The molecule has 0 aliphatic rings. The first-order valence-corrected chi connectivity index (χ1v) is 5.29. The Morgan fingerprint density at radius 2 is 1.94 bits per heavy atom. The van der Waals surface area contributed by atoms with Gasteiger partial charge in [0.25, 0.3) is 0 Å². The molecule has 0 spiro atoms. The molecule has 1 N–H and O–H groups in total. The maximum atomic E-state index is 4.91. The van der Waals surface area contributed by atoms with Crippen LogP contribution in [0.4, 0.5) is 0 Å². The quantitative estimate of drug-likeness (QED) is 0.267. The van der Waals surface area contributed by atoms with Crippen molar-refractivity contribution in [3.05, 3.63) is 0 Å². The molecule has 0 atom stereocenters. The maximum Gasteiger partial charge on any atom is 2.00 e. The molecule has 0 amide bonds. The number of hydrogen-bond donors (Lipinski definition) is 1. The zero-order valence-corrected chi connectivity index (χ0v) is 12.2. The molecule has 0 heterocycles. The summed E-state index contributed by atoms with van der Waals surface area (Å²) < 4.78 is 4.91. The third-order valence-electron chi connectivity index (χ3n) is 1.16. The number of hydrogen-bond acceptors (Lipinski definition) is 7. The summed E-state index contributed by atoms with van der Waals surface area (Å²) in [6.07, 6.45) is 1.42. The van der Waals surface area contributed by atoms with Gasteiger partial charge >= 0.3 is 17.1 Å². The average molecular weight is 323 g/mol. The minimum absolute atomic E-state index is 0. The second kappa shape index (κ2) is 11.7. The van der Waals surface area contributed by atoms with E-state index in [0.29, 0.717) is 17.5 Å². The first kappa shape index (κ1) is 18.6. The van der Waals surface area contributed by atoms with Gasteiger partial charge in [0, 0.05) is 7.05 Å². The summed E-state index contributed by atoms with van der Waals surface area (Å²) in [7, 11) is 1.66. The first-order chi connectivity index (χ1) is 7.60. The van der Waals surface area contributed by atoms with Crippen LogP contribution in [0.3, 0.4) is 0 Å². The predicted molar refractivity (Wildman–Crippen MR) is 71.9 cm³/mol. The molecule has 0 bridgehead atoms. The van der Waals surface area contributed by atoms with Gasteiger partial charge < -0.3 is 35.3 Å². The van der Waals surface area contributed by atoms with Crippen molar-refractivity contribution < 1.29 is 21.8 Å². The van der Waals surface area contributed by atoms with Crippen LogP contribution < -0.4 is 5.32 Å². The molecule has 99 valence electrons. The molecule has 0 aliphatic carbocycles. The molecule has 0 aliphatic heterocycles. The average Bonchev–Trinajstić information content (AvgIpc) is 2.26. The van der Waals surface area contributed by atoms with Crippen LogP contribution in [0.2, 0.25) is 0 Å². The van der Waals surface area contributed by atoms with Gasteiger partial charge in [0.1, 0.15) is 0 Å². The summed E-state index contributed by atoms with van der Waals surface area (Å²) in [4.78, 5) is 0. The van der Waals surface area contributed by atoms with Gasteiger partial charge in [-0.15, -0.1) is 5.10 Å². The summed E-state index contributed by atoms with van der Waals surface area (Å²) in [5, 5.41) is 17.8. The van der Waals surface area contributed by atoms with Crippen molar-refractivity contribution in [2.24, 2.45) is 20.4 Å². The van der Waals surface area contributed by atoms with E-state index in [0.717, 1.165) is 0 Å². The molecular formula is C8H13CuN5OS2. The van der Waals surface area contributed by atoms with Gasteiger partial charge in [-0.3, -0.25) is 0 Å². The Morgan fingerprint density at radius 3 is 2.47 bits per heavy atom. The molecule has 0 unspecified atom stereocenters. The van der Waals surface area contributed by atoms with Gasteiger partial charge in [-0.1, -0.05) is 0 Å². The molecule has 0 aromatic carbocycles. The normalized spacial score (nSPS) is 13.5. The molecule has 6 nitrogen and oxygen atoms in total. The van der Waals surface area contributed by atoms with Gasteiger partial charge in [0.15, 0.2) is 0 Å². The van der Waals surface area contributed by atoms with E-state index in [4.69, 9.17) is 30.0 Å². The van der Waals surface area contributed by atoms with E-state index in [1.165, 1.54) is 6.21 Å². The third kappa shape index (κ3) is 11.5. The fourth-order valence-corrected chi connectivity index (χ4v) is 0.719. The standard InChI is InChI=1S/C8H15N5OS2.Cu/c1-4-14-8(16)13-11-6(2)5-10-12-7(15)9-3;/h5H,4H2,1-3H3,(H,13,16)(H2,9,12,15);/q;+2/p-2. The number of nitrogens with zero attached hydrogens (tertiary/aromatic N) is 4. The number of amidine groups is 1. The molecule has 0 saturated carbocycles. The second-order valence-corrected chi connectivity index (χ2v) is 3.18. The van der Waals surface area contributed by atoms with Crippen molar-refractivity contribution >= 4 is 47.6 Å². The molecule has 0 aromatic heterocycles. The van der Waals surface area contributed by atoms with Gasteiger partial charge in [-0.2, -0.15) is 15.3 Å². The Hall–Kier alpha value is -0.761. The fraction of sp³-hybridized carbons (Fsp3) is 0.500. The van der Waals surface area contributed by atoms with Crippen LogP contribution in [0.25, 0.3) is 0 Å². The Labute approximate surface area is 122 Å². The number of rotatable bonds is 4. The zero-order valence-electron chi connectivity index (χ0n) is 9.60. The van der Waals surface area contributed by atoms with Crippen molar-refractivity contribution in [3.63, 3.8) is 0 Å². The Bertz CT molecular complexity index is 330. The molecule has 9 heteroatoms. The minimum Gasteiger partial charge on any atom is -0.741 e. The van der Waals surface area contributed by atoms with Gasteiger partial charge in [0.2, 0.25) is 0 Å². The molecule has 17 heavy (non-hydrogen) atoms. The summed E-state index contributed by atoms with van der Waals surface area (Å²) in [6.45, 7) is 3.99. The minimum atomic E-state index is 0. The van der Waals surface area contributed by atoms with E-state index in [-0.39, 0.29) is 22.3 Å². The second-order valence-electron chi connectivity index (χ2n) is 2.44. The van der Waals surface area contributed by atoms with Gasteiger partial charge in [-0.25, -0.2) is 0 Å².